The zero-order valence-corrected chi connectivity index (χ0v) is 10.8. The van der Waals surface area contributed by atoms with Crippen LogP contribution in [-0.4, -0.2) is 13.4 Å². The highest BCUT2D eigenvalue weighted by Gasteiger charge is 2.09. The summed E-state index contributed by atoms with van der Waals surface area (Å²) in [6.45, 7) is 4.30. The molecule has 0 aromatic heterocycles. The lowest BCUT2D eigenvalue weighted by molar-refractivity contribution is 0.112. The number of methoxy groups -OCH3 is 1. The normalized spacial score (nSPS) is 10.5. The SMILES string of the molecule is COc1c(Br)cc(CC(C)C)cc1C=O. The summed E-state index contributed by atoms with van der Waals surface area (Å²) in [5.74, 6) is 1.18. The third-order valence-corrected chi connectivity index (χ3v) is 2.70. The van der Waals surface area contributed by atoms with Gasteiger partial charge in [0.15, 0.2) is 6.29 Å². The fourth-order valence-electron chi connectivity index (χ4n) is 1.57. The van der Waals surface area contributed by atoms with Crippen LogP contribution < -0.4 is 4.74 Å². The Morgan fingerprint density at radius 2 is 2.13 bits per heavy atom. The lowest BCUT2D eigenvalue weighted by Crippen LogP contribution is -1.98. The van der Waals surface area contributed by atoms with Crippen molar-refractivity contribution in [1.82, 2.24) is 0 Å². The summed E-state index contributed by atoms with van der Waals surface area (Å²) < 4.78 is 5.99. The van der Waals surface area contributed by atoms with Crippen LogP contribution in [0, 0.1) is 5.92 Å². The van der Waals surface area contributed by atoms with Crippen LogP contribution in [0.25, 0.3) is 0 Å². The lowest BCUT2D eigenvalue weighted by atomic mass is 10.0. The summed E-state index contributed by atoms with van der Waals surface area (Å²) in [7, 11) is 1.56. The number of carbonyl (C=O) groups is 1. The number of halogens is 1. The Bertz CT molecular complexity index is 359. The van der Waals surface area contributed by atoms with Crippen LogP contribution in [0.15, 0.2) is 16.6 Å². The molecule has 2 nitrogen and oxygen atoms in total. The van der Waals surface area contributed by atoms with Crippen LogP contribution in [0.3, 0.4) is 0 Å². The molecule has 3 heteroatoms. The largest absolute Gasteiger partial charge is 0.495 e. The zero-order chi connectivity index (χ0) is 11.4. The van der Waals surface area contributed by atoms with Crippen LogP contribution in [-0.2, 0) is 6.42 Å². The summed E-state index contributed by atoms with van der Waals surface area (Å²) in [4.78, 5) is 10.9. The van der Waals surface area contributed by atoms with Crippen molar-refractivity contribution in [2.24, 2.45) is 5.92 Å². The molecule has 1 aromatic carbocycles. The van der Waals surface area contributed by atoms with E-state index >= 15 is 0 Å². The number of rotatable bonds is 4. The predicted octanol–water partition coefficient (Wildman–Crippen LogP) is 3.47. The van der Waals surface area contributed by atoms with Gasteiger partial charge in [-0.05, 0) is 46.0 Å². The first-order valence-electron chi connectivity index (χ1n) is 4.90. The van der Waals surface area contributed by atoms with Gasteiger partial charge in [0, 0.05) is 0 Å². The van der Waals surface area contributed by atoms with Gasteiger partial charge in [-0.25, -0.2) is 0 Å². The minimum absolute atomic E-state index is 0.574. The van der Waals surface area contributed by atoms with E-state index in [0.717, 1.165) is 22.7 Å². The zero-order valence-electron chi connectivity index (χ0n) is 9.21. The molecule has 82 valence electrons. The molecule has 0 saturated heterocycles. The first-order valence-corrected chi connectivity index (χ1v) is 5.69. The molecule has 0 amide bonds. The Morgan fingerprint density at radius 1 is 1.47 bits per heavy atom. The van der Waals surface area contributed by atoms with E-state index in [1.807, 2.05) is 12.1 Å². The second-order valence-corrected chi connectivity index (χ2v) is 4.77. The van der Waals surface area contributed by atoms with Gasteiger partial charge in [0.2, 0.25) is 0 Å². The molecule has 0 aliphatic heterocycles. The van der Waals surface area contributed by atoms with Gasteiger partial charge >= 0.3 is 0 Å². The average Bonchev–Trinajstić information content (AvgIpc) is 2.15. The van der Waals surface area contributed by atoms with Gasteiger partial charge in [-0.1, -0.05) is 13.8 Å². The first-order chi connectivity index (χ1) is 7.08. The van der Waals surface area contributed by atoms with Crippen molar-refractivity contribution in [2.45, 2.75) is 20.3 Å². The summed E-state index contributed by atoms with van der Waals surface area (Å²) in [5, 5.41) is 0. The lowest BCUT2D eigenvalue weighted by Gasteiger charge is -2.10. The minimum Gasteiger partial charge on any atom is -0.495 e. The monoisotopic (exact) mass is 270 g/mol. The van der Waals surface area contributed by atoms with Crippen LogP contribution >= 0.6 is 15.9 Å². The van der Waals surface area contributed by atoms with E-state index < -0.39 is 0 Å². The van der Waals surface area contributed by atoms with E-state index in [2.05, 4.69) is 29.8 Å². The minimum atomic E-state index is 0.574. The van der Waals surface area contributed by atoms with Crippen LogP contribution in [0.2, 0.25) is 0 Å². The van der Waals surface area contributed by atoms with Gasteiger partial charge in [0.05, 0.1) is 17.1 Å². The highest BCUT2D eigenvalue weighted by molar-refractivity contribution is 9.10. The van der Waals surface area contributed by atoms with E-state index in [4.69, 9.17) is 4.74 Å². The van der Waals surface area contributed by atoms with Gasteiger partial charge in [-0.2, -0.15) is 0 Å². The van der Waals surface area contributed by atoms with Crippen molar-refractivity contribution in [3.8, 4) is 5.75 Å². The van der Waals surface area contributed by atoms with Gasteiger partial charge in [0.1, 0.15) is 5.75 Å². The average molecular weight is 271 g/mol. The molecule has 0 aliphatic rings. The molecule has 15 heavy (non-hydrogen) atoms. The molecular weight excluding hydrogens is 256 g/mol. The number of hydrogen-bond donors (Lipinski definition) is 0. The molecule has 0 aliphatic carbocycles. The summed E-state index contributed by atoms with van der Waals surface area (Å²) in [5.41, 5.74) is 1.75. The van der Waals surface area contributed by atoms with Crippen molar-refractivity contribution < 1.29 is 9.53 Å². The molecule has 0 bridgehead atoms. The van der Waals surface area contributed by atoms with E-state index in [-0.39, 0.29) is 0 Å². The van der Waals surface area contributed by atoms with Gasteiger partial charge in [-0.15, -0.1) is 0 Å². The van der Waals surface area contributed by atoms with Crippen molar-refractivity contribution in [3.05, 3.63) is 27.7 Å². The highest BCUT2D eigenvalue weighted by atomic mass is 79.9. The number of benzene rings is 1. The maximum atomic E-state index is 10.9. The molecule has 0 radical (unpaired) electrons. The quantitative estimate of drug-likeness (QED) is 0.784. The maximum absolute atomic E-state index is 10.9. The number of carbonyl (C=O) groups excluding carboxylic acids is 1. The third-order valence-electron chi connectivity index (χ3n) is 2.11. The Morgan fingerprint density at radius 3 is 2.60 bits per heavy atom. The van der Waals surface area contributed by atoms with Crippen molar-refractivity contribution in [3.63, 3.8) is 0 Å². The fraction of sp³-hybridized carbons (Fsp3) is 0.417. The number of ether oxygens (including phenoxy) is 1. The molecule has 0 unspecified atom stereocenters. The molecule has 0 fully saturated rings. The third kappa shape index (κ3) is 3.06. The molecule has 0 spiro atoms. The molecule has 1 rings (SSSR count). The van der Waals surface area contributed by atoms with E-state index in [1.165, 1.54) is 0 Å². The van der Waals surface area contributed by atoms with Gasteiger partial charge < -0.3 is 4.74 Å². The highest BCUT2D eigenvalue weighted by Crippen LogP contribution is 2.30. The van der Waals surface area contributed by atoms with Crippen LogP contribution in [0.5, 0.6) is 5.75 Å². The molecular formula is C12H15BrO2. The molecule has 0 saturated carbocycles. The second-order valence-electron chi connectivity index (χ2n) is 3.92. The van der Waals surface area contributed by atoms with Gasteiger partial charge in [-0.3, -0.25) is 4.79 Å². The Labute approximate surface area is 98.8 Å². The van der Waals surface area contributed by atoms with Crippen molar-refractivity contribution in [1.29, 1.82) is 0 Å². The summed E-state index contributed by atoms with van der Waals surface area (Å²) >= 11 is 3.40. The van der Waals surface area contributed by atoms with Crippen molar-refractivity contribution >= 4 is 22.2 Å². The summed E-state index contributed by atoms with van der Waals surface area (Å²) in [6, 6.07) is 3.89. The Kier molecular flexibility index (Phi) is 4.33. The fourth-order valence-corrected chi connectivity index (χ4v) is 2.25. The molecule has 0 N–H and O–H groups in total. The molecule has 0 heterocycles. The smallest absolute Gasteiger partial charge is 0.153 e. The van der Waals surface area contributed by atoms with Crippen LogP contribution in [0.4, 0.5) is 0 Å². The Hall–Kier alpha value is -0.830. The predicted molar refractivity (Wildman–Crippen MR) is 64.6 cm³/mol. The van der Waals surface area contributed by atoms with E-state index in [1.54, 1.807) is 7.11 Å². The van der Waals surface area contributed by atoms with Gasteiger partial charge in [0.25, 0.3) is 0 Å². The molecule has 0 atom stereocenters. The molecule has 1 aromatic rings. The number of aldehydes is 1. The standard InChI is InChI=1S/C12H15BrO2/c1-8(2)4-9-5-10(7-14)12(15-3)11(13)6-9/h5-8H,4H2,1-3H3. The summed E-state index contributed by atoms with van der Waals surface area (Å²) in [6.07, 6.45) is 1.79. The van der Waals surface area contributed by atoms with Crippen molar-refractivity contribution in [2.75, 3.05) is 7.11 Å². The number of hydrogen-bond acceptors (Lipinski definition) is 2. The first kappa shape index (κ1) is 12.2. The maximum Gasteiger partial charge on any atom is 0.153 e. The second kappa shape index (κ2) is 5.31. The Balaban J connectivity index is 3.13. The van der Waals surface area contributed by atoms with Crippen LogP contribution in [0.1, 0.15) is 29.8 Å². The topological polar surface area (TPSA) is 26.3 Å². The van der Waals surface area contributed by atoms with E-state index in [9.17, 15) is 4.79 Å². The van der Waals surface area contributed by atoms with E-state index in [0.29, 0.717) is 17.2 Å².